The number of pyridine rings is 1. The van der Waals surface area contributed by atoms with Crippen molar-refractivity contribution >= 4 is 26.4 Å². The Hall–Kier alpha value is -2.80. The lowest BCUT2D eigenvalue weighted by Gasteiger charge is -2.35. The first-order chi connectivity index (χ1) is 14.5. The molecule has 30 heavy (non-hydrogen) atoms. The van der Waals surface area contributed by atoms with Crippen molar-refractivity contribution in [2.24, 2.45) is 5.92 Å². The molecule has 0 aliphatic carbocycles. The average Bonchev–Trinajstić information content (AvgIpc) is 2.77. The molecule has 0 saturated carbocycles. The van der Waals surface area contributed by atoms with E-state index in [1.54, 1.807) is 24.3 Å². The summed E-state index contributed by atoms with van der Waals surface area (Å²) >= 11 is 0. The Kier molecular flexibility index (Phi) is 4.77. The van der Waals surface area contributed by atoms with Gasteiger partial charge in [0.2, 0.25) is 9.84 Å². The summed E-state index contributed by atoms with van der Waals surface area (Å²) in [5.41, 5.74) is 1.42. The highest BCUT2D eigenvalue weighted by Crippen LogP contribution is 2.42. The van der Waals surface area contributed by atoms with Crippen LogP contribution in [0.5, 0.6) is 11.5 Å². The molecule has 1 aromatic heterocycles. The van der Waals surface area contributed by atoms with Crippen LogP contribution in [0.2, 0.25) is 0 Å². The molecule has 6 nitrogen and oxygen atoms in total. The molecule has 1 atom stereocenters. The fourth-order valence-corrected chi connectivity index (χ4v) is 5.79. The topological polar surface area (TPSA) is 68.7 Å². The number of hydrogen-bond donors (Lipinski definition) is 0. The summed E-state index contributed by atoms with van der Waals surface area (Å²) in [6.45, 7) is 4.80. The molecule has 1 saturated heterocycles. The van der Waals surface area contributed by atoms with E-state index >= 15 is 0 Å². The van der Waals surface area contributed by atoms with Gasteiger partial charge in [-0.2, -0.15) is 0 Å². The van der Waals surface area contributed by atoms with Crippen LogP contribution in [0.4, 0.5) is 5.69 Å². The number of ether oxygens (including phenoxy) is 2. The average molecular weight is 425 g/mol. The van der Waals surface area contributed by atoms with Crippen LogP contribution in [-0.2, 0) is 9.84 Å². The maximum Gasteiger partial charge on any atom is 0.210 e. The van der Waals surface area contributed by atoms with Crippen LogP contribution < -0.4 is 14.4 Å². The standard InChI is InChI=1S/C23H24N2O4S/c1-16-6-5-9-25(15-16)23-18-12-20-21(29-11-10-28-20)13-19(18)24-14-22(23)30(26,27)17-7-3-2-4-8-17/h2-4,7-8,12-14,16H,5-6,9-11,15H2,1H3/t16-/m0/s1. The van der Waals surface area contributed by atoms with E-state index in [1.807, 2.05) is 18.2 Å². The van der Waals surface area contributed by atoms with Gasteiger partial charge in [0, 0.05) is 30.7 Å². The lowest BCUT2D eigenvalue weighted by molar-refractivity contribution is 0.172. The van der Waals surface area contributed by atoms with Gasteiger partial charge >= 0.3 is 0 Å². The third-order valence-corrected chi connectivity index (χ3v) is 7.56. The van der Waals surface area contributed by atoms with E-state index in [4.69, 9.17) is 9.47 Å². The van der Waals surface area contributed by atoms with Gasteiger partial charge in [0.1, 0.15) is 18.1 Å². The number of fused-ring (bicyclic) bond motifs is 2. The SMILES string of the molecule is C[C@H]1CCCN(c2c(S(=O)(=O)c3ccccc3)cnc3cc4c(cc23)OCCO4)C1. The van der Waals surface area contributed by atoms with Gasteiger partial charge in [-0.1, -0.05) is 25.1 Å². The number of nitrogens with zero attached hydrogens (tertiary/aromatic N) is 2. The first-order valence-electron chi connectivity index (χ1n) is 10.3. The zero-order valence-corrected chi connectivity index (χ0v) is 17.7. The van der Waals surface area contributed by atoms with E-state index < -0.39 is 9.84 Å². The number of rotatable bonds is 3. The first kappa shape index (κ1) is 19.2. The zero-order valence-electron chi connectivity index (χ0n) is 16.9. The number of benzene rings is 2. The molecule has 5 rings (SSSR count). The molecule has 2 aromatic carbocycles. The van der Waals surface area contributed by atoms with Crippen molar-refractivity contribution < 1.29 is 17.9 Å². The predicted octanol–water partition coefficient (Wildman–Crippen LogP) is 4.08. The highest BCUT2D eigenvalue weighted by atomic mass is 32.2. The highest BCUT2D eigenvalue weighted by molar-refractivity contribution is 7.91. The Balaban J connectivity index is 1.77. The Morgan fingerprint density at radius 3 is 2.53 bits per heavy atom. The van der Waals surface area contributed by atoms with E-state index in [9.17, 15) is 8.42 Å². The van der Waals surface area contributed by atoms with Crippen molar-refractivity contribution in [3.63, 3.8) is 0 Å². The predicted molar refractivity (Wildman–Crippen MR) is 115 cm³/mol. The summed E-state index contributed by atoms with van der Waals surface area (Å²) in [4.78, 5) is 7.23. The Morgan fingerprint density at radius 1 is 1.07 bits per heavy atom. The van der Waals surface area contributed by atoms with Gasteiger partial charge in [0.25, 0.3) is 0 Å². The van der Waals surface area contributed by atoms with Crippen molar-refractivity contribution in [1.82, 2.24) is 4.98 Å². The molecule has 0 radical (unpaired) electrons. The minimum Gasteiger partial charge on any atom is -0.486 e. The normalized spacial score (nSPS) is 19.1. The molecule has 2 aliphatic heterocycles. The third kappa shape index (κ3) is 3.27. The van der Waals surface area contributed by atoms with Gasteiger partial charge in [0.15, 0.2) is 11.5 Å². The van der Waals surface area contributed by atoms with E-state index in [0.29, 0.717) is 41.8 Å². The molecule has 156 valence electrons. The second-order valence-electron chi connectivity index (χ2n) is 7.99. The summed E-state index contributed by atoms with van der Waals surface area (Å²) in [5.74, 6) is 1.78. The summed E-state index contributed by atoms with van der Waals surface area (Å²) in [7, 11) is -3.73. The van der Waals surface area contributed by atoms with Crippen molar-refractivity contribution in [1.29, 1.82) is 0 Å². The van der Waals surface area contributed by atoms with Crippen LogP contribution in [0.3, 0.4) is 0 Å². The maximum atomic E-state index is 13.6. The molecule has 2 aliphatic rings. The number of sulfone groups is 1. The van der Waals surface area contributed by atoms with Crippen LogP contribution in [0.1, 0.15) is 19.8 Å². The highest BCUT2D eigenvalue weighted by Gasteiger charge is 2.29. The van der Waals surface area contributed by atoms with Crippen LogP contribution in [0.15, 0.2) is 58.5 Å². The zero-order chi connectivity index (χ0) is 20.7. The van der Waals surface area contributed by atoms with E-state index in [1.165, 1.54) is 6.20 Å². The molecular weight excluding hydrogens is 400 g/mol. The molecule has 0 unspecified atom stereocenters. The molecule has 0 bridgehead atoms. The van der Waals surface area contributed by atoms with Crippen LogP contribution in [0.25, 0.3) is 10.9 Å². The Bertz CT molecular complexity index is 1190. The Morgan fingerprint density at radius 2 is 1.80 bits per heavy atom. The van der Waals surface area contributed by atoms with Gasteiger partial charge < -0.3 is 14.4 Å². The third-order valence-electron chi connectivity index (χ3n) is 5.79. The minimum atomic E-state index is -3.73. The first-order valence-corrected chi connectivity index (χ1v) is 11.8. The largest absolute Gasteiger partial charge is 0.486 e. The van der Waals surface area contributed by atoms with Crippen LogP contribution >= 0.6 is 0 Å². The summed E-state index contributed by atoms with van der Waals surface area (Å²) in [6, 6.07) is 12.3. The number of aromatic nitrogens is 1. The number of anilines is 1. The quantitative estimate of drug-likeness (QED) is 0.631. The van der Waals surface area contributed by atoms with Gasteiger partial charge in [-0.15, -0.1) is 0 Å². The number of hydrogen-bond acceptors (Lipinski definition) is 6. The molecule has 3 aromatic rings. The lowest BCUT2D eigenvalue weighted by Crippen LogP contribution is -2.35. The molecule has 1 fully saturated rings. The van der Waals surface area contributed by atoms with E-state index in [2.05, 4.69) is 16.8 Å². The fraction of sp³-hybridized carbons (Fsp3) is 0.348. The van der Waals surface area contributed by atoms with Crippen molar-refractivity contribution in [3.8, 4) is 11.5 Å². The number of piperidine rings is 1. The van der Waals surface area contributed by atoms with Gasteiger partial charge in [-0.05, 0) is 37.0 Å². The van der Waals surface area contributed by atoms with Crippen molar-refractivity contribution in [2.75, 3.05) is 31.2 Å². The van der Waals surface area contributed by atoms with Crippen molar-refractivity contribution in [2.45, 2.75) is 29.6 Å². The van der Waals surface area contributed by atoms with Gasteiger partial charge in [-0.25, -0.2) is 8.42 Å². The van der Waals surface area contributed by atoms with Crippen molar-refractivity contribution in [3.05, 3.63) is 48.7 Å². The second kappa shape index (κ2) is 7.47. The molecule has 0 spiro atoms. The van der Waals surface area contributed by atoms with Gasteiger partial charge in [-0.3, -0.25) is 4.98 Å². The smallest absolute Gasteiger partial charge is 0.210 e. The van der Waals surface area contributed by atoms with E-state index in [0.717, 1.165) is 31.3 Å². The molecule has 0 amide bonds. The molecular formula is C23H24N2O4S. The molecule has 0 N–H and O–H groups in total. The second-order valence-corrected chi connectivity index (χ2v) is 9.91. The summed E-state index contributed by atoms with van der Waals surface area (Å²) in [5, 5.41) is 0.783. The minimum absolute atomic E-state index is 0.243. The Labute approximate surface area is 176 Å². The van der Waals surface area contributed by atoms with Gasteiger partial charge in [0.05, 0.1) is 16.1 Å². The molecule has 7 heteroatoms. The van der Waals surface area contributed by atoms with Crippen LogP contribution in [0, 0.1) is 5.92 Å². The lowest BCUT2D eigenvalue weighted by atomic mass is 9.99. The summed E-state index contributed by atoms with van der Waals surface area (Å²) in [6.07, 6.45) is 3.67. The maximum absolute atomic E-state index is 13.6. The fourth-order valence-electron chi connectivity index (χ4n) is 4.34. The van der Waals surface area contributed by atoms with E-state index in [-0.39, 0.29) is 9.79 Å². The van der Waals surface area contributed by atoms with Crippen LogP contribution in [-0.4, -0.2) is 39.7 Å². The summed E-state index contributed by atoms with van der Waals surface area (Å²) < 4.78 is 38.7. The monoisotopic (exact) mass is 424 g/mol. The molecule has 3 heterocycles.